The Bertz CT molecular complexity index is 631. The molecule has 1 saturated heterocycles. The second kappa shape index (κ2) is 6.60. The maximum Gasteiger partial charge on any atom is 0.165 e. The second-order valence-corrected chi connectivity index (χ2v) is 7.72. The van der Waals surface area contributed by atoms with E-state index < -0.39 is 0 Å². The first-order valence-electron chi connectivity index (χ1n) is 8.47. The van der Waals surface area contributed by atoms with E-state index in [4.69, 9.17) is 4.99 Å². The van der Waals surface area contributed by atoms with Crippen LogP contribution >= 0.6 is 11.8 Å². The van der Waals surface area contributed by atoms with Crippen molar-refractivity contribution < 1.29 is 0 Å². The molecular formula is C19H27N3S. The molecule has 2 atom stereocenters. The van der Waals surface area contributed by atoms with E-state index in [1.165, 1.54) is 46.3 Å². The number of rotatable bonds is 3. The number of hydrogen-bond donors (Lipinski definition) is 0. The van der Waals surface area contributed by atoms with Gasteiger partial charge in [-0.3, -0.25) is 0 Å². The topological polar surface area (TPSA) is 18.8 Å². The van der Waals surface area contributed by atoms with E-state index in [2.05, 4.69) is 68.9 Å². The second-order valence-electron chi connectivity index (χ2n) is 6.66. The lowest BCUT2D eigenvalue weighted by Gasteiger charge is -2.45. The van der Waals surface area contributed by atoms with Crippen molar-refractivity contribution in [3.63, 3.8) is 0 Å². The van der Waals surface area contributed by atoms with Gasteiger partial charge in [-0.05, 0) is 50.0 Å². The monoisotopic (exact) mass is 329 g/mol. The molecule has 1 aromatic rings. The van der Waals surface area contributed by atoms with Crippen LogP contribution in [-0.4, -0.2) is 36.0 Å². The Morgan fingerprint density at radius 1 is 1.22 bits per heavy atom. The molecule has 2 aliphatic heterocycles. The first-order valence-corrected chi connectivity index (χ1v) is 9.46. The Balaban J connectivity index is 2.02. The van der Waals surface area contributed by atoms with Crippen molar-refractivity contribution in [3.8, 4) is 0 Å². The summed E-state index contributed by atoms with van der Waals surface area (Å²) in [6.45, 7) is 6.69. The molecule has 0 spiro atoms. The lowest BCUT2D eigenvalue weighted by Crippen LogP contribution is -2.46. The van der Waals surface area contributed by atoms with E-state index >= 15 is 0 Å². The van der Waals surface area contributed by atoms with Gasteiger partial charge < -0.3 is 9.80 Å². The summed E-state index contributed by atoms with van der Waals surface area (Å²) in [5, 5.41) is 1.22. The summed E-state index contributed by atoms with van der Waals surface area (Å²) in [6, 6.07) is 9.94. The highest BCUT2D eigenvalue weighted by Gasteiger charge is 2.36. The zero-order valence-corrected chi connectivity index (χ0v) is 15.7. The van der Waals surface area contributed by atoms with Gasteiger partial charge in [-0.2, -0.15) is 0 Å². The number of benzene rings is 1. The van der Waals surface area contributed by atoms with Crippen LogP contribution in [0.1, 0.15) is 45.2 Å². The maximum atomic E-state index is 4.88. The Labute approximate surface area is 144 Å². The predicted molar refractivity (Wildman–Crippen MR) is 102 cm³/mol. The molecule has 0 aliphatic carbocycles. The summed E-state index contributed by atoms with van der Waals surface area (Å²) < 4.78 is 0. The van der Waals surface area contributed by atoms with Gasteiger partial charge in [0.2, 0.25) is 0 Å². The van der Waals surface area contributed by atoms with Gasteiger partial charge >= 0.3 is 0 Å². The highest BCUT2D eigenvalue weighted by molar-refractivity contribution is 8.13. The van der Waals surface area contributed by atoms with Gasteiger partial charge in [-0.25, -0.2) is 4.99 Å². The van der Waals surface area contributed by atoms with Crippen LogP contribution in [0.5, 0.6) is 0 Å². The molecule has 0 bridgehead atoms. The van der Waals surface area contributed by atoms with E-state index in [1.807, 2.05) is 11.8 Å². The number of anilines is 1. The quantitative estimate of drug-likeness (QED) is 0.803. The lowest BCUT2D eigenvalue weighted by atomic mass is 9.93. The number of aliphatic imine (C=N–C) groups is 1. The van der Waals surface area contributed by atoms with Crippen molar-refractivity contribution in [2.75, 3.05) is 24.7 Å². The fourth-order valence-electron chi connectivity index (χ4n) is 3.47. The molecule has 124 valence electrons. The first-order chi connectivity index (χ1) is 11.0. The summed E-state index contributed by atoms with van der Waals surface area (Å²) in [6.07, 6.45) is 2.43. The van der Waals surface area contributed by atoms with Gasteiger partial charge in [0, 0.05) is 37.3 Å². The minimum atomic E-state index is 0.330. The minimum absolute atomic E-state index is 0.330. The molecule has 2 unspecified atom stereocenters. The molecule has 3 rings (SSSR count). The third kappa shape index (κ3) is 3.01. The molecule has 3 nitrogen and oxygen atoms in total. The van der Waals surface area contributed by atoms with Gasteiger partial charge in [-0.1, -0.05) is 30.8 Å². The fourth-order valence-corrected chi connectivity index (χ4v) is 4.65. The molecule has 0 radical (unpaired) electrons. The van der Waals surface area contributed by atoms with Crippen LogP contribution < -0.4 is 4.90 Å². The van der Waals surface area contributed by atoms with Gasteiger partial charge in [0.05, 0.1) is 6.04 Å². The molecule has 0 amide bonds. The van der Waals surface area contributed by atoms with E-state index in [1.54, 1.807) is 0 Å². The largest absolute Gasteiger partial charge is 0.378 e. The van der Waals surface area contributed by atoms with Gasteiger partial charge in [0.25, 0.3) is 0 Å². The molecule has 1 fully saturated rings. The minimum Gasteiger partial charge on any atom is -0.378 e. The van der Waals surface area contributed by atoms with Crippen molar-refractivity contribution in [2.24, 2.45) is 4.99 Å². The van der Waals surface area contributed by atoms with E-state index in [0.29, 0.717) is 12.1 Å². The summed E-state index contributed by atoms with van der Waals surface area (Å²) in [4.78, 5) is 9.60. The Morgan fingerprint density at radius 3 is 2.52 bits per heavy atom. The van der Waals surface area contributed by atoms with Crippen LogP contribution in [0, 0.1) is 0 Å². The van der Waals surface area contributed by atoms with Crippen LogP contribution in [0.25, 0.3) is 0 Å². The van der Waals surface area contributed by atoms with Crippen LogP contribution in [-0.2, 0) is 0 Å². The normalized spacial score (nSPS) is 24.4. The first kappa shape index (κ1) is 16.4. The molecule has 23 heavy (non-hydrogen) atoms. The highest BCUT2D eigenvalue weighted by Crippen LogP contribution is 2.42. The van der Waals surface area contributed by atoms with Crippen molar-refractivity contribution in [1.82, 2.24) is 4.90 Å². The van der Waals surface area contributed by atoms with Crippen molar-refractivity contribution in [2.45, 2.75) is 45.7 Å². The van der Waals surface area contributed by atoms with Gasteiger partial charge in [0.1, 0.15) is 0 Å². The smallest absolute Gasteiger partial charge is 0.165 e. The van der Waals surface area contributed by atoms with Gasteiger partial charge in [-0.15, -0.1) is 0 Å². The van der Waals surface area contributed by atoms with Gasteiger partial charge in [0.15, 0.2) is 5.17 Å². The number of amidine groups is 1. The Morgan fingerprint density at radius 2 is 1.91 bits per heavy atom. The summed E-state index contributed by atoms with van der Waals surface area (Å²) >= 11 is 1.91. The number of hydrogen-bond acceptors (Lipinski definition) is 4. The Kier molecular flexibility index (Phi) is 4.72. The molecule has 0 N–H and O–H groups in total. The van der Waals surface area contributed by atoms with E-state index in [0.717, 1.165) is 0 Å². The molecule has 4 heteroatoms. The van der Waals surface area contributed by atoms with Crippen LogP contribution in [0.2, 0.25) is 0 Å². The molecule has 2 aliphatic rings. The third-order valence-corrected chi connectivity index (χ3v) is 6.02. The number of thioether (sulfide) groups is 1. The Hall–Kier alpha value is -1.42. The number of allylic oxidation sites excluding steroid dienone is 1. The van der Waals surface area contributed by atoms with E-state index in [9.17, 15) is 0 Å². The molecule has 1 aromatic carbocycles. The van der Waals surface area contributed by atoms with Crippen molar-refractivity contribution in [1.29, 1.82) is 0 Å². The third-order valence-electron chi connectivity index (χ3n) is 5.02. The number of fused-ring (bicyclic) bond motifs is 1. The molecule has 0 saturated carbocycles. The fraction of sp³-hybridized carbons (Fsp3) is 0.526. The number of nitrogens with zero attached hydrogens (tertiary/aromatic N) is 3. The molecular weight excluding hydrogens is 302 g/mol. The zero-order valence-electron chi connectivity index (χ0n) is 14.8. The average molecular weight is 330 g/mol. The SMILES string of the molecule is CCC1CCSC2=NC(C)=C(C)C(c3ccc(N(C)C)cc3)N21. The standard InChI is InChI=1S/C19H27N3S/c1-6-16-11-12-23-19-20-14(3)13(2)18(22(16)19)15-7-9-17(10-8-15)21(4)5/h7-10,16,18H,6,11-12H2,1-5H3. The highest BCUT2D eigenvalue weighted by atomic mass is 32.2. The van der Waals surface area contributed by atoms with Crippen LogP contribution in [0.3, 0.4) is 0 Å². The van der Waals surface area contributed by atoms with Crippen LogP contribution in [0.4, 0.5) is 5.69 Å². The van der Waals surface area contributed by atoms with E-state index in [-0.39, 0.29) is 0 Å². The zero-order chi connectivity index (χ0) is 16.6. The summed E-state index contributed by atoms with van der Waals surface area (Å²) in [7, 11) is 4.17. The summed E-state index contributed by atoms with van der Waals surface area (Å²) in [5.74, 6) is 1.19. The van der Waals surface area contributed by atoms with Crippen molar-refractivity contribution in [3.05, 3.63) is 41.1 Å². The maximum absolute atomic E-state index is 4.88. The lowest BCUT2D eigenvalue weighted by molar-refractivity contribution is 0.245. The summed E-state index contributed by atoms with van der Waals surface area (Å²) in [5.41, 5.74) is 5.19. The average Bonchev–Trinajstić information content (AvgIpc) is 2.55. The van der Waals surface area contributed by atoms with Crippen molar-refractivity contribution >= 4 is 22.6 Å². The molecule has 0 aromatic heterocycles. The molecule has 2 heterocycles. The predicted octanol–water partition coefficient (Wildman–Crippen LogP) is 4.67. The van der Waals surface area contributed by atoms with Crippen LogP contribution in [0.15, 0.2) is 40.5 Å².